The molecule has 0 aromatic carbocycles. The summed E-state index contributed by atoms with van der Waals surface area (Å²) in [7, 11) is 0. The molecule has 0 heterocycles. The van der Waals surface area contributed by atoms with Crippen molar-refractivity contribution in [3.05, 3.63) is 0 Å². The van der Waals surface area contributed by atoms with Crippen molar-refractivity contribution >= 4 is 0 Å². The average molecular weight is 250 g/mol. The van der Waals surface area contributed by atoms with Crippen molar-refractivity contribution < 1.29 is 0 Å². The summed E-state index contributed by atoms with van der Waals surface area (Å²) in [5, 5.41) is 0. The number of hydrogen-bond donors (Lipinski definition) is 0. The van der Waals surface area contributed by atoms with Crippen molar-refractivity contribution in [3.63, 3.8) is 0 Å². The zero-order valence-electron chi connectivity index (χ0n) is 12.8. The summed E-state index contributed by atoms with van der Waals surface area (Å²) in [5.74, 6) is 2.21. The summed E-state index contributed by atoms with van der Waals surface area (Å²) in [5.41, 5.74) is 0.759. The maximum absolute atomic E-state index is 2.38. The predicted molar refractivity (Wildman–Crippen MR) is 80.8 cm³/mol. The SMILES string of the molecule is CCCC1(CCC)CCC(C2CCCCC2)CC1. The minimum atomic E-state index is 0.759. The van der Waals surface area contributed by atoms with E-state index in [4.69, 9.17) is 0 Å². The van der Waals surface area contributed by atoms with E-state index in [1.54, 1.807) is 38.5 Å². The van der Waals surface area contributed by atoms with Crippen molar-refractivity contribution in [2.75, 3.05) is 0 Å². The van der Waals surface area contributed by atoms with Gasteiger partial charge in [-0.05, 0) is 55.8 Å². The highest BCUT2D eigenvalue weighted by Gasteiger charge is 2.36. The lowest BCUT2D eigenvalue weighted by atomic mass is 9.62. The molecule has 0 amide bonds. The Morgan fingerprint density at radius 1 is 0.722 bits per heavy atom. The van der Waals surface area contributed by atoms with Crippen LogP contribution in [-0.2, 0) is 0 Å². The van der Waals surface area contributed by atoms with E-state index in [0.717, 1.165) is 17.3 Å². The highest BCUT2D eigenvalue weighted by Crippen LogP contribution is 2.49. The van der Waals surface area contributed by atoms with Gasteiger partial charge in [0.2, 0.25) is 0 Å². The molecular weight excluding hydrogens is 216 g/mol. The molecule has 2 fully saturated rings. The first-order chi connectivity index (χ1) is 8.79. The molecule has 0 saturated heterocycles. The van der Waals surface area contributed by atoms with E-state index in [1.807, 2.05) is 0 Å². The monoisotopic (exact) mass is 250 g/mol. The summed E-state index contributed by atoms with van der Waals surface area (Å²) >= 11 is 0. The standard InChI is InChI=1S/C18H34/c1-3-12-18(13-4-2)14-10-17(11-15-18)16-8-6-5-7-9-16/h16-17H,3-15H2,1-2H3. The van der Waals surface area contributed by atoms with Gasteiger partial charge in [-0.25, -0.2) is 0 Å². The summed E-state index contributed by atoms with van der Waals surface area (Å²) in [6.45, 7) is 4.76. The van der Waals surface area contributed by atoms with Crippen molar-refractivity contribution in [3.8, 4) is 0 Å². The van der Waals surface area contributed by atoms with Crippen LogP contribution >= 0.6 is 0 Å². The van der Waals surface area contributed by atoms with Crippen LogP contribution < -0.4 is 0 Å². The van der Waals surface area contributed by atoms with Crippen molar-refractivity contribution in [1.82, 2.24) is 0 Å². The van der Waals surface area contributed by atoms with Crippen molar-refractivity contribution in [2.45, 2.75) is 97.3 Å². The molecule has 0 nitrogen and oxygen atoms in total. The van der Waals surface area contributed by atoms with Gasteiger partial charge in [0.25, 0.3) is 0 Å². The minimum absolute atomic E-state index is 0.759. The van der Waals surface area contributed by atoms with Gasteiger partial charge in [-0.1, -0.05) is 58.8 Å². The predicted octanol–water partition coefficient (Wildman–Crippen LogP) is 6.34. The lowest BCUT2D eigenvalue weighted by Gasteiger charge is -2.43. The second-order valence-electron chi connectivity index (χ2n) is 7.24. The lowest BCUT2D eigenvalue weighted by molar-refractivity contribution is 0.0845. The Labute approximate surface area is 115 Å². The Bertz CT molecular complexity index is 208. The van der Waals surface area contributed by atoms with E-state index in [9.17, 15) is 0 Å². The third-order valence-corrected chi connectivity index (χ3v) is 5.97. The van der Waals surface area contributed by atoms with Crippen LogP contribution in [0.15, 0.2) is 0 Å². The van der Waals surface area contributed by atoms with Gasteiger partial charge in [-0.15, -0.1) is 0 Å². The molecule has 2 saturated carbocycles. The molecule has 0 heteroatoms. The fourth-order valence-corrected chi connectivity index (χ4v) is 5.02. The van der Waals surface area contributed by atoms with Gasteiger partial charge in [-0.3, -0.25) is 0 Å². The molecule has 0 atom stereocenters. The van der Waals surface area contributed by atoms with Gasteiger partial charge in [-0.2, -0.15) is 0 Å². The van der Waals surface area contributed by atoms with Gasteiger partial charge in [0.1, 0.15) is 0 Å². The van der Waals surface area contributed by atoms with Gasteiger partial charge in [0.15, 0.2) is 0 Å². The molecule has 0 aromatic heterocycles. The largest absolute Gasteiger partial charge is 0.0654 e. The molecule has 106 valence electrons. The Hall–Kier alpha value is 0. The van der Waals surface area contributed by atoms with E-state index < -0.39 is 0 Å². The van der Waals surface area contributed by atoms with E-state index in [1.165, 1.54) is 44.9 Å². The molecule has 0 spiro atoms. The van der Waals surface area contributed by atoms with Gasteiger partial charge in [0.05, 0.1) is 0 Å². The second kappa shape index (κ2) is 6.96. The smallest absolute Gasteiger partial charge is 0.0297 e. The third-order valence-electron chi connectivity index (χ3n) is 5.97. The number of hydrogen-bond acceptors (Lipinski definition) is 0. The first kappa shape index (κ1) is 14.4. The highest BCUT2D eigenvalue weighted by molar-refractivity contribution is 4.88. The molecule has 18 heavy (non-hydrogen) atoms. The van der Waals surface area contributed by atoms with Gasteiger partial charge < -0.3 is 0 Å². The zero-order chi connectivity index (χ0) is 12.8. The molecule has 0 aromatic rings. The van der Waals surface area contributed by atoms with Crippen molar-refractivity contribution in [1.29, 1.82) is 0 Å². The highest BCUT2D eigenvalue weighted by atomic mass is 14.4. The van der Waals surface area contributed by atoms with Crippen LogP contribution in [0.25, 0.3) is 0 Å². The van der Waals surface area contributed by atoms with E-state index in [-0.39, 0.29) is 0 Å². The molecule has 0 aliphatic heterocycles. The van der Waals surface area contributed by atoms with Crippen LogP contribution in [0.3, 0.4) is 0 Å². The van der Waals surface area contributed by atoms with Crippen LogP contribution in [0.2, 0.25) is 0 Å². The molecule has 0 N–H and O–H groups in total. The van der Waals surface area contributed by atoms with Crippen LogP contribution in [0.5, 0.6) is 0 Å². The van der Waals surface area contributed by atoms with Gasteiger partial charge >= 0.3 is 0 Å². The first-order valence-corrected chi connectivity index (χ1v) is 8.79. The quantitative estimate of drug-likeness (QED) is 0.534. The maximum Gasteiger partial charge on any atom is -0.0297 e. The van der Waals surface area contributed by atoms with E-state index in [0.29, 0.717) is 0 Å². The second-order valence-corrected chi connectivity index (χ2v) is 7.24. The fourth-order valence-electron chi connectivity index (χ4n) is 5.02. The maximum atomic E-state index is 2.38. The molecule has 2 aliphatic carbocycles. The molecule has 2 aliphatic rings. The van der Waals surface area contributed by atoms with E-state index in [2.05, 4.69) is 13.8 Å². The van der Waals surface area contributed by atoms with Gasteiger partial charge in [0, 0.05) is 0 Å². The Morgan fingerprint density at radius 3 is 1.72 bits per heavy atom. The molecule has 0 unspecified atom stereocenters. The number of rotatable bonds is 5. The summed E-state index contributed by atoms with van der Waals surface area (Å²) in [6.07, 6.45) is 19.7. The minimum Gasteiger partial charge on any atom is -0.0654 e. The average Bonchev–Trinajstić information content (AvgIpc) is 2.41. The normalized spacial score (nSPS) is 26.3. The molecule has 0 bridgehead atoms. The molecule has 0 radical (unpaired) electrons. The third kappa shape index (κ3) is 3.52. The van der Waals surface area contributed by atoms with Crippen LogP contribution in [0.1, 0.15) is 97.3 Å². The van der Waals surface area contributed by atoms with E-state index >= 15 is 0 Å². The summed E-state index contributed by atoms with van der Waals surface area (Å²) in [4.78, 5) is 0. The molecule has 2 rings (SSSR count). The topological polar surface area (TPSA) is 0 Å². The lowest BCUT2D eigenvalue weighted by Crippen LogP contribution is -2.31. The Balaban J connectivity index is 1.84. The summed E-state index contributed by atoms with van der Waals surface area (Å²) in [6, 6.07) is 0. The van der Waals surface area contributed by atoms with Crippen LogP contribution in [0.4, 0.5) is 0 Å². The van der Waals surface area contributed by atoms with Crippen LogP contribution in [0, 0.1) is 17.3 Å². The van der Waals surface area contributed by atoms with Crippen LogP contribution in [-0.4, -0.2) is 0 Å². The molecular formula is C18H34. The fraction of sp³-hybridized carbons (Fsp3) is 1.00. The Kier molecular flexibility index (Phi) is 5.57. The zero-order valence-corrected chi connectivity index (χ0v) is 12.8. The van der Waals surface area contributed by atoms with Crippen molar-refractivity contribution in [2.24, 2.45) is 17.3 Å². The summed E-state index contributed by atoms with van der Waals surface area (Å²) < 4.78 is 0. The first-order valence-electron chi connectivity index (χ1n) is 8.79. The Morgan fingerprint density at radius 2 is 1.22 bits per heavy atom.